The summed E-state index contributed by atoms with van der Waals surface area (Å²) in [4.78, 5) is 30.6. The molecule has 0 aliphatic rings. The lowest BCUT2D eigenvalue weighted by molar-refractivity contribution is -0.140. The van der Waals surface area contributed by atoms with Crippen molar-refractivity contribution in [2.75, 3.05) is 13.7 Å². The Balaban J connectivity index is 1.92. The number of nitrogens with zero attached hydrogens (tertiary/aromatic N) is 4. The van der Waals surface area contributed by atoms with Crippen molar-refractivity contribution in [2.45, 2.75) is 6.42 Å². The molecule has 0 atom stereocenters. The first-order valence-corrected chi connectivity index (χ1v) is 5.87. The first kappa shape index (κ1) is 13.7. The predicted molar refractivity (Wildman–Crippen MR) is 68.1 cm³/mol. The van der Waals surface area contributed by atoms with Gasteiger partial charge in [0.2, 0.25) is 0 Å². The van der Waals surface area contributed by atoms with Crippen molar-refractivity contribution in [2.24, 2.45) is 0 Å². The maximum atomic E-state index is 11.8. The molecule has 8 heteroatoms. The highest BCUT2D eigenvalue weighted by atomic mass is 16.5. The Morgan fingerprint density at radius 2 is 2.25 bits per heavy atom. The summed E-state index contributed by atoms with van der Waals surface area (Å²) in [5, 5.41) is 6.53. The van der Waals surface area contributed by atoms with E-state index < -0.39 is 0 Å². The Kier molecular flexibility index (Phi) is 4.38. The molecule has 0 aliphatic carbocycles. The number of hydrogen-bond acceptors (Lipinski definition) is 6. The second kappa shape index (κ2) is 6.41. The van der Waals surface area contributed by atoms with E-state index in [1.807, 2.05) is 0 Å². The molecule has 0 spiro atoms. The molecule has 2 rings (SSSR count). The predicted octanol–water partition coefficient (Wildman–Crippen LogP) is -0.0448. The maximum Gasteiger partial charge on any atom is 0.307 e. The zero-order valence-electron chi connectivity index (χ0n) is 10.8. The smallest absolute Gasteiger partial charge is 0.307 e. The number of rotatable bonds is 5. The molecule has 8 nitrogen and oxygen atoms in total. The number of aromatic nitrogens is 4. The number of nitrogens with one attached hydrogen (secondary N) is 1. The number of carbonyl (C=O) groups is 2. The zero-order chi connectivity index (χ0) is 14.4. The number of pyridine rings is 1. The summed E-state index contributed by atoms with van der Waals surface area (Å²) in [6, 6.07) is 3.28. The van der Waals surface area contributed by atoms with E-state index in [9.17, 15) is 9.59 Å². The summed E-state index contributed by atoms with van der Waals surface area (Å²) in [5.41, 5.74) is 0.402. The lowest BCUT2D eigenvalue weighted by Crippen LogP contribution is -2.26. The fourth-order valence-electron chi connectivity index (χ4n) is 1.46. The minimum Gasteiger partial charge on any atom is -0.469 e. The van der Waals surface area contributed by atoms with Crippen molar-refractivity contribution >= 4 is 11.9 Å². The van der Waals surface area contributed by atoms with Gasteiger partial charge in [0, 0.05) is 12.7 Å². The zero-order valence-corrected chi connectivity index (χ0v) is 10.8. The number of esters is 1. The topological polar surface area (TPSA) is 99.0 Å². The van der Waals surface area contributed by atoms with E-state index in [4.69, 9.17) is 0 Å². The Morgan fingerprint density at radius 3 is 2.85 bits per heavy atom. The molecular weight excluding hydrogens is 262 g/mol. The third-order valence-electron chi connectivity index (χ3n) is 2.51. The van der Waals surface area contributed by atoms with Crippen LogP contribution in [0.2, 0.25) is 0 Å². The number of amides is 1. The van der Waals surface area contributed by atoms with Crippen molar-refractivity contribution in [1.29, 1.82) is 0 Å². The fourth-order valence-corrected chi connectivity index (χ4v) is 1.46. The van der Waals surface area contributed by atoms with Crippen LogP contribution in [0.1, 0.15) is 16.8 Å². The minimum absolute atomic E-state index is 0.132. The molecule has 0 aromatic carbocycles. The van der Waals surface area contributed by atoms with Crippen molar-refractivity contribution in [3.05, 3.63) is 36.5 Å². The van der Waals surface area contributed by atoms with E-state index in [1.165, 1.54) is 30.6 Å². The summed E-state index contributed by atoms with van der Waals surface area (Å²) in [5.74, 6) is -0.106. The standard InChI is InChI=1S/C12H13N5O3/c1-20-11(18)4-5-14-12(19)9-2-3-10(15-6-9)17-8-13-7-16-17/h2-3,6-8H,4-5H2,1H3,(H,14,19). The molecule has 0 fully saturated rings. The first-order valence-electron chi connectivity index (χ1n) is 5.87. The molecule has 1 amide bonds. The normalized spacial score (nSPS) is 10.1. The van der Waals surface area contributed by atoms with Crippen LogP contribution in [0.4, 0.5) is 0 Å². The van der Waals surface area contributed by atoms with Crippen LogP contribution in [0.15, 0.2) is 31.0 Å². The van der Waals surface area contributed by atoms with E-state index >= 15 is 0 Å². The van der Waals surface area contributed by atoms with Crippen LogP contribution in [0, 0.1) is 0 Å². The number of ether oxygens (including phenoxy) is 1. The van der Waals surface area contributed by atoms with Gasteiger partial charge in [-0.2, -0.15) is 5.10 Å². The number of hydrogen-bond donors (Lipinski definition) is 1. The quantitative estimate of drug-likeness (QED) is 0.768. The Labute approximate surface area is 114 Å². The van der Waals surface area contributed by atoms with Crippen LogP contribution in [0.3, 0.4) is 0 Å². The van der Waals surface area contributed by atoms with Crippen molar-refractivity contribution in [3.8, 4) is 5.82 Å². The first-order chi connectivity index (χ1) is 9.70. The average molecular weight is 275 g/mol. The lowest BCUT2D eigenvalue weighted by atomic mass is 10.2. The van der Waals surface area contributed by atoms with Gasteiger partial charge in [0.15, 0.2) is 5.82 Å². The third kappa shape index (κ3) is 3.37. The molecule has 0 bridgehead atoms. The second-order valence-electron chi connectivity index (χ2n) is 3.83. The molecule has 0 unspecified atom stereocenters. The fraction of sp³-hybridized carbons (Fsp3) is 0.250. The highest BCUT2D eigenvalue weighted by Crippen LogP contribution is 2.03. The molecular formula is C12H13N5O3. The van der Waals surface area contributed by atoms with Crippen LogP contribution >= 0.6 is 0 Å². The summed E-state index contributed by atoms with van der Waals surface area (Å²) >= 11 is 0. The molecule has 0 saturated carbocycles. The summed E-state index contributed by atoms with van der Waals surface area (Å²) in [6.07, 6.45) is 4.48. The second-order valence-corrected chi connectivity index (χ2v) is 3.83. The van der Waals surface area contributed by atoms with E-state index in [-0.39, 0.29) is 24.8 Å². The SMILES string of the molecule is COC(=O)CCNC(=O)c1ccc(-n2cncn2)nc1. The van der Waals surface area contributed by atoms with Crippen LogP contribution in [-0.2, 0) is 9.53 Å². The average Bonchev–Trinajstić information content (AvgIpc) is 3.01. The van der Waals surface area contributed by atoms with E-state index in [0.29, 0.717) is 11.4 Å². The van der Waals surface area contributed by atoms with E-state index in [1.54, 1.807) is 12.1 Å². The monoisotopic (exact) mass is 275 g/mol. The Morgan fingerprint density at radius 1 is 1.40 bits per heavy atom. The Hall–Kier alpha value is -2.77. The van der Waals surface area contributed by atoms with Crippen LogP contribution in [-0.4, -0.2) is 45.3 Å². The summed E-state index contributed by atoms with van der Waals surface area (Å²) in [7, 11) is 1.30. The third-order valence-corrected chi connectivity index (χ3v) is 2.51. The van der Waals surface area contributed by atoms with Gasteiger partial charge < -0.3 is 10.1 Å². The molecule has 0 saturated heterocycles. The van der Waals surface area contributed by atoms with Crippen molar-refractivity contribution in [1.82, 2.24) is 25.1 Å². The molecule has 1 N–H and O–H groups in total. The van der Waals surface area contributed by atoms with Crippen LogP contribution < -0.4 is 5.32 Å². The van der Waals surface area contributed by atoms with Gasteiger partial charge in [-0.05, 0) is 12.1 Å². The van der Waals surface area contributed by atoms with Gasteiger partial charge in [-0.3, -0.25) is 9.59 Å². The molecule has 0 radical (unpaired) electrons. The summed E-state index contributed by atoms with van der Waals surface area (Å²) < 4.78 is 5.96. The highest BCUT2D eigenvalue weighted by Gasteiger charge is 2.08. The minimum atomic E-state index is -0.370. The summed E-state index contributed by atoms with van der Waals surface area (Å²) in [6.45, 7) is 0.219. The molecule has 104 valence electrons. The van der Waals surface area contributed by atoms with Gasteiger partial charge in [-0.1, -0.05) is 0 Å². The van der Waals surface area contributed by atoms with Gasteiger partial charge in [0.05, 0.1) is 19.1 Å². The van der Waals surface area contributed by atoms with Crippen LogP contribution in [0.5, 0.6) is 0 Å². The molecule has 2 heterocycles. The van der Waals surface area contributed by atoms with Gasteiger partial charge in [-0.25, -0.2) is 14.6 Å². The van der Waals surface area contributed by atoms with Gasteiger partial charge in [-0.15, -0.1) is 0 Å². The number of carbonyl (C=O) groups excluding carboxylic acids is 2. The van der Waals surface area contributed by atoms with E-state index in [2.05, 4.69) is 25.1 Å². The molecule has 2 aromatic rings. The van der Waals surface area contributed by atoms with Crippen molar-refractivity contribution < 1.29 is 14.3 Å². The van der Waals surface area contributed by atoms with Gasteiger partial charge in [0.1, 0.15) is 12.7 Å². The van der Waals surface area contributed by atoms with Gasteiger partial charge in [0.25, 0.3) is 5.91 Å². The molecule has 2 aromatic heterocycles. The highest BCUT2D eigenvalue weighted by molar-refractivity contribution is 5.94. The van der Waals surface area contributed by atoms with Gasteiger partial charge >= 0.3 is 5.97 Å². The molecule has 0 aliphatic heterocycles. The lowest BCUT2D eigenvalue weighted by Gasteiger charge is -2.05. The Bertz CT molecular complexity index is 580. The number of methoxy groups -OCH3 is 1. The molecule has 20 heavy (non-hydrogen) atoms. The van der Waals surface area contributed by atoms with E-state index in [0.717, 1.165) is 0 Å². The van der Waals surface area contributed by atoms with Crippen molar-refractivity contribution in [3.63, 3.8) is 0 Å². The maximum absolute atomic E-state index is 11.8. The van der Waals surface area contributed by atoms with Crippen LogP contribution in [0.25, 0.3) is 5.82 Å². The largest absolute Gasteiger partial charge is 0.469 e.